The van der Waals surface area contributed by atoms with Gasteiger partial charge in [0.1, 0.15) is 5.82 Å². The van der Waals surface area contributed by atoms with E-state index in [2.05, 4.69) is 23.5 Å². The van der Waals surface area contributed by atoms with Crippen LogP contribution in [0.2, 0.25) is 0 Å². The molecule has 0 heterocycles. The molecule has 0 fully saturated rings. The van der Waals surface area contributed by atoms with Gasteiger partial charge < -0.3 is 5.32 Å². The monoisotopic (exact) mass is 385 g/mol. The summed E-state index contributed by atoms with van der Waals surface area (Å²) in [5, 5.41) is 2.99. The van der Waals surface area contributed by atoms with E-state index in [0.717, 1.165) is 30.2 Å². The van der Waals surface area contributed by atoms with Crippen LogP contribution in [0.4, 0.5) is 4.39 Å². The number of fused-ring (bicyclic) bond motifs is 1. The zero-order valence-corrected chi connectivity index (χ0v) is 16.5. The van der Waals surface area contributed by atoms with Crippen LogP contribution in [0.25, 0.3) is 0 Å². The Morgan fingerprint density at radius 3 is 2.56 bits per heavy atom. The lowest BCUT2D eigenvalue weighted by Crippen LogP contribution is -2.28. The van der Waals surface area contributed by atoms with Crippen molar-refractivity contribution in [1.29, 1.82) is 0 Å². The van der Waals surface area contributed by atoms with Crippen molar-refractivity contribution in [2.75, 3.05) is 5.75 Å². The number of halogens is 1. The van der Waals surface area contributed by atoms with E-state index in [-0.39, 0.29) is 23.5 Å². The number of rotatable bonds is 6. The van der Waals surface area contributed by atoms with E-state index >= 15 is 0 Å². The van der Waals surface area contributed by atoms with Gasteiger partial charge in [0, 0.05) is 10.5 Å². The van der Waals surface area contributed by atoms with Crippen LogP contribution in [0.5, 0.6) is 0 Å². The number of aryl methyl sites for hydroxylation is 2. The lowest BCUT2D eigenvalue weighted by molar-refractivity contribution is -0.119. The van der Waals surface area contributed by atoms with Crippen LogP contribution < -0.4 is 5.32 Å². The Bertz CT molecular complexity index is 865. The second-order valence-corrected chi connectivity index (χ2v) is 8.03. The van der Waals surface area contributed by atoms with E-state index < -0.39 is 5.82 Å². The van der Waals surface area contributed by atoms with Crippen molar-refractivity contribution in [3.8, 4) is 0 Å². The summed E-state index contributed by atoms with van der Waals surface area (Å²) in [6, 6.07) is 10.7. The zero-order chi connectivity index (χ0) is 19.4. The van der Waals surface area contributed by atoms with Gasteiger partial charge in [0.2, 0.25) is 5.91 Å². The summed E-state index contributed by atoms with van der Waals surface area (Å²) >= 11 is 1.14. The van der Waals surface area contributed by atoms with Crippen LogP contribution in [0.3, 0.4) is 0 Å². The third-order valence-electron chi connectivity index (χ3n) is 4.95. The van der Waals surface area contributed by atoms with Crippen molar-refractivity contribution in [1.82, 2.24) is 5.32 Å². The molecule has 0 saturated heterocycles. The summed E-state index contributed by atoms with van der Waals surface area (Å²) < 4.78 is 14.0. The largest absolute Gasteiger partial charge is 0.349 e. The van der Waals surface area contributed by atoms with E-state index in [9.17, 15) is 14.0 Å². The van der Waals surface area contributed by atoms with Gasteiger partial charge in [-0.25, -0.2) is 4.39 Å². The summed E-state index contributed by atoms with van der Waals surface area (Å²) in [4.78, 5) is 23.9. The smallest absolute Gasteiger partial charge is 0.230 e. The first-order valence-corrected chi connectivity index (χ1v) is 10.3. The van der Waals surface area contributed by atoms with Crippen LogP contribution in [0.15, 0.2) is 41.3 Å². The zero-order valence-electron chi connectivity index (χ0n) is 15.7. The molecule has 5 heteroatoms. The number of benzene rings is 2. The molecule has 3 rings (SSSR count). The SMILES string of the molecule is CC(=O)c1ccc(SCC(=O)NC(C)c2ccc3c(c2)CCCC3)c(F)c1. The summed E-state index contributed by atoms with van der Waals surface area (Å²) in [7, 11) is 0. The maximum absolute atomic E-state index is 14.0. The van der Waals surface area contributed by atoms with Gasteiger partial charge in [-0.1, -0.05) is 24.3 Å². The predicted octanol–water partition coefficient (Wildman–Crippen LogP) is 4.88. The molecule has 27 heavy (non-hydrogen) atoms. The molecule has 1 N–H and O–H groups in total. The van der Waals surface area contributed by atoms with Gasteiger partial charge in [-0.05, 0) is 68.4 Å². The van der Waals surface area contributed by atoms with E-state index in [1.807, 2.05) is 6.92 Å². The van der Waals surface area contributed by atoms with Crippen molar-refractivity contribution in [3.05, 3.63) is 64.5 Å². The Labute approximate surface area is 163 Å². The molecule has 0 aromatic heterocycles. The summed E-state index contributed by atoms with van der Waals surface area (Å²) in [5.74, 6) is -0.656. The number of amides is 1. The highest BCUT2D eigenvalue weighted by atomic mass is 32.2. The maximum atomic E-state index is 14.0. The molecule has 0 spiro atoms. The molecule has 2 aromatic carbocycles. The van der Waals surface area contributed by atoms with Crippen molar-refractivity contribution >= 4 is 23.5 Å². The lowest BCUT2D eigenvalue weighted by atomic mass is 9.89. The fourth-order valence-electron chi connectivity index (χ4n) is 3.37. The van der Waals surface area contributed by atoms with E-state index in [4.69, 9.17) is 0 Å². The molecule has 142 valence electrons. The van der Waals surface area contributed by atoms with Gasteiger partial charge in [0.05, 0.1) is 11.8 Å². The number of carbonyl (C=O) groups is 2. The fourth-order valence-corrected chi connectivity index (χ4v) is 4.10. The Morgan fingerprint density at radius 2 is 1.85 bits per heavy atom. The molecule has 0 radical (unpaired) electrons. The highest BCUT2D eigenvalue weighted by Gasteiger charge is 2.15. The Balaban J connectivity index is 1.57. The minimum absolute atomic E-state index is 0.0877. The van der Waals surface area contributed by atoms with Crippen LogP contribution in [0.1, 0.15) is 59.8 Å². The van der Waals surface area contributed by atoms with Gasteiger partial charge in [-0.3, -0.25) is 9.59 Å². The predicted molar refractivity (Wildman–Crippen MR) is 107 cm³/mol. The lowest BCUT2D eigenvalue weighted by Gasteiger charge is -2.20. The Morgan fingerprint density at radius 1 is 1.11 bits per heavy atom. The maximum Gasteiger partial charge on any atom is 0.230 e. The van der Waals surface area contributed by atoms with Gasteiger partial charge in [-0.2, -0.15) is 0 Å². The molecule has 1 amide bonds. The molecular weight excluding hydrogens is 361 g/mol. The minimum Gasteiger partial charge on any atom is -0.349 e. The van der Waals surface area contributed by atoms with Crippen LogP contribution in [-0.2, 0) is 17.6 Å². The molecule has 1 aliphatic carbocycles. The average Bonchev–Trinajstić information content (AvgIpc) is 2.66. The van der Waals surface area contributed by atoms with Crippen molar-refractivity contribution in [2.45, 2.75) is 50.5 Å². The standard InChI is InChI=1S/C22H24FNO2S/c1-14(17-8-7-16-5-3-4-6-19(16)11-17)24-22(26)13-27-21-10-9-18(15(2)25)12-20(21)23/h7-12,14H,3-6,13H2,1-2H3,(H,24,26). The first-order chi connectivity index (χ1) is 12.9. The quantitative estimate of drug-likeness (QED) is 0.570. The molecule has 2 aromatic rings. The molecule has 1 atom stereocenters. The molecule has 3 nitrogen and oxygen atoms in total. The van der Waals surface area contributed by atoms with Crippen molar-refractivity contribution < 1.29 is 14.0 Å². The highest BCUT2D eigenvalue weighted by Crippen LogP contribution is 2.26. The normalized spacial score (nSPS) is 14.3. The number of Topliss-reactive ketones (excluding diaryl/α,β-unsaturated/α-hetero) is 1. The second kappa shape index (κ2) is 8.70. The minimum atomic E-state index is -0.469. The fraction of sp³-hybridized carbons (Fsp3) is 0.364. The van der Waals surface area contributed by atoms with E-state index in [0.29, 0.717) is 10.5 Å². The number of carbonyl (C=O) groups excluding carboxylic acids is 2. The first kappa shape index (κ1) is 19.6. The number of hydrogen-bond donors (Lipinski definition) is 1. The number of thioether (sulfide) groups is 1. The second-order valence-electron chi connectivity index (χ2n) is 7.01. The number of nitrogens with one attached hydrogen (secondary N) is 1. The molecule has 0 saturated carbocycles. The van der Waals surface area contributed by atoms with Crippen LogP contribution >= 0.6 is 11.8 Å². The number of hydrogen-bond acceptors (Lipinski definition) is 3. The third-order valence-corrected chi connectivity index (χ3v) is 6.00. The van der Waals surface area contributed by atoms with E-state index in [1.54, 1.807) is 12.1 Å². The summed E-state index contributed by atoms with van der Waals surface area (Å²) in [6.45, 7) is 3.37. The van der Waals surface area contributed by atoms with Crippen LogP contribution in [-0.4, -0.2) is 17.4 Å². The third kappa shape index (κ3) is 4.98. The topological polar surface area (TPSA) is 46.2 Å². The first-order valence-electron chi connectivity index (χ1n) is 9.28. The Hall–Kier alpha value is -2.14. The van der Waals surface area contributed by atoms with Crippen molar-refractivity contribution in [3.63, 3.8) is 0 Å². The number of ketones is 1. The molecule has 1 unspecified atom stereocenters. The van der Waals surface area contributed by atoms with Gasteiger partial charge in [-0.15, -0.1) is 11.8 Å². The molecule has 0 bridgehead atoms. The molecular formula is C22H24FNO2S. The molecule has 0 aliphatic heterocycles. The van der Waals surface area contributed by atoms with Gasteiger partial charge in [0.25, 0.3) is 0 Å². The van der Waals surface area contributed by atoms with E-state index in [1.165, 1.54) is 37.0 Å². The van der Waals surface area contributed by atoms with Crippen LogP contribution in [0, 0.1) is 5.82 Å². The molecule has 1 aliphatic rings. The average molecular weight is 386 g/mol. The highest BCUT2D eigenvalue weighted by molar-refractivity contribution is 8.00. The summed E-state index contributed by atoms with van der Waals surface area (Å²) in [6.07, 6.45) is 4.72. The van der Waals surface area contributed by atoms with Gasteiger partial charge >= 0.3 is 0 Å². The Kier molecular flexibility index (Phi) is 6.32. The summed E-state index contributed by atoms with van der Waals surface area (Å²) in [5.41, 5.74) is 4.25. The van der Waals surface area contributed by atoms with Gasteiger partial charge in [0.15, 0.2) is 5.78 Å². The van der Waals surface area contributed by atoms with Crippen molar-refractivity contribution in [2.24, 2.45) is 0 Å².